The van der Waals surface area contributed by atoms with E-state index in [1.54, 1.807) is 7.11 Å². The second-order valence-corrected chi connectivity index (χ2v) is 4.99. The monoisotopic (exact) mass is 220 g/mol. The van der Waals surface area contributed by atoms with Crippen LogP contribution in [-0.2, 0) is 5.60 Å². The van der Waals surface area contributed by atoms with Gasteiger partial charge in [-0.05, 0) is 43.4 Å². The van der Waals surface area contributed by atoms with E-state index in [4.69, 9.17) is 4.74 Å². The first kappa shape index (κ1) is 11.5. The second kappa shape index (κ2) is 4.46. The van der Waals surface area contributed by atoms with Crippen molar-refractivity contribution >= 4 is 0 Å². The number of aliphatic hydroxyl groups is 1. The van der Waals surface area contributed by atoms with Crippen molar-refractivity contribution in [2.75, 3.05) is 7.11 Å². The maximum Gasteiger partial charge on any atom is 0.119 e. The molecular weight excluding hydrogens is 200 g/mol. The van der Waals surface area contributed by atoms with Gasteiger partial charge in [-0.1, -0.05) is 25.0 Å². The summed E-state index contributed by atoms with van der Waals surface area (Å²) in [6, 6.07) is 7.72. The summed E-state index contributed by atoms with van der Waals surface area (Å²) in [7, 11) is 1.65. The van der Waals surface area contributed by atoms with Crippen molar-refractivity contribution in [2.24, 2.45) is 5.92 Å². The molecule has 1 saturated carbocycles. The number of hydrogen-bond acceptors (Lipinski definition) is 2. The predicted octanol–water partition coefficient (Wildman–Crippen LogP) is 3.09. The first-order chi connectivity index (χ1) is 7.62. The van der Waals surface area contributed by atoms with Crippen LogP contribution in [0, 0.1) is 5.92 Å². The van der Waals surface area contributed by atoms with Crippen LogP contribution in [0.1, 0.15) is 38.2 Å². The fourth-order valence-electron chi connectivity index (χ4n) is 1.99. The van der Waals surface area contributed by atoms with E-state index < -0.39 is 5.60 Å². The largest absolute Gasteiger partial charge is 0.497 e. The minimum Gasteiger partial charge on any atom is -0.497 e. The first-order valence-electron chi connectivity index (χ1n) is 5.99. The van der Waals surface area contributed by atoms with E-state index in [0.29, 0.717) is 0 Å². The normalized spacial score (nSPS) is 19.2. The number of methoxy groups -OCH3 is 1. The van der Waals surface area contributed by atoms with E-state index in [1.807, 2.05) is 31.2 Å². The second-order valence-electron chi connectivity index (χ2n) is 4.99. The highest BCUT2D eigenvalue weighted by molar-refractivity contribution is 5.31. The Hall–Kier alpha value is -1.02. The van der Waals surface area contributed by atoms with Gasteiger partial charge in [0, 0.05) is 0 Å². The maximum absolute atomic E-state index is 10.4. The predicted molar refractivity (Wildman–Crippen MR) is 64.5 cm³/mol. The van der Waals surface area contributed by atoms with E-state index in [-0.39, 0.29) is 0 Å². The molecule has 2 rings (SSSR count). The molecule has 1 aliphatic rings. The summed E-state index contributed by atoms with van der Waals surface area (Å²) >= 11 is 0. The Labute approximate surface area is 97.3 Å². The van der Waals surface area contributed by atoms with Crippen LogP contribution in [-0.4, -0.2) is 12.2 Å². The molecule has 1 unspecified atom stereocenters. The van der Waals surface area contributed by atoms with E-state index in [9.17, 15) is 5.11 Å². The molecule has 1 aliphatic carbocycles. The summed E-state index contributed by atoms with van der Waals surface area (Å²) in [6.07, 6.45) is 4.65. The van der Waals surface area contributed by atoms with Gasteiger partial charge in [0.25, 0.3) is 0 Å². The lowest BCUT2D eigenvalue weighted by atomic mass is 9.90. The van der Waals surface area contributed by atoms with Crippen LogP contribution in [0.5, 0.6) is 5.75 Å². The molecule has 0 bridgehead atoms. The standard InChI is InChI=1S/C14H20O2/c1-14(15,9-8-11-6-7-11)12-4-3-5-13(10-12)16-2/h3-5,10-11,15H,6-9H2,1-2H3. The van der Waals surface area contributed by atoms with Gasteiger partial charge in [0.2, 0.25) is 0 Å². The molecule has 0 radical (unpaired) electrons. The topological polar surface area (TPSA) is 29.5 Å². The molecule has 0 saturated heterocycles. The number of rotatable bonds is 5. The molecule has 1 fully saturated rings. The van der Waals surface area contributed by atoms with E-state index in [0.717, 1.165) is 30.1 Å². The minimum absolute atomic E-state index is 0.725. The van der Waals surface area contributed by atoms with Crippen LogP contribution in [0.3, 0.4) is 0 Å². The lowest BCUT2D eigenvalue weighted by Crippen LogP contribution is -2.21. The number of benzene rings is 1. The van der Waals surface area contributed by atoms with Crippen LogP contribution in [0.15, 0.2) is 24.3 Å². The van der Waals surface area contributed by atoms with Gasteiger partial charge in [-0.25, -0.2) is 0 Å². The van der Waals surface area contributed by atoms with Gasteiger partial charge in [0.05, 0.1) is 12.7 Å². The molecule has 2 heteroatoms. The van der Waals surface area contributed by atoms with Crippen molar-refractivity contribution in [3.8, 4) is 5.75 Å². The van der Waals surface area contributed by atoms with Crippen molar-refractivity contribution in [2.45, 2.75) is 38.2 Å². The van der Waals surface area contributed by atoms with Crippen LogP contribution in [0.4, 0.5) is 0 Å². The molecule has 88 valence electrons. The van der Waals surface area contributed by atoms with Crippen molar-refractivity contribution in [3.63, 3.8) is 0 Å². The molecule has 0 aliphatic heterocycles. The van der Waals surface area contributed by atoms with E-state index >= 15 is 0 Å². The molecule has 1 aromatic rings. The van der Waals surface area contributed by atoms with E-state index in [2.05, 4.69) is 0 Å². The highest BCUT2D eigenvalue weighted by Crippen LogP contribution is 2.38. The first-order valence-corrected chi connectivity index (χ1v) is 5.99. The number of ether oxygens (including phenoxy) is 1. The molecule has 0 aromatic heterocycles. The zero-order valence-electron chi connectivity index (χ0n) is 10.1. The van der Waals surface area contributed by atoms with Gasteiger partial charge in [-0.15, -0.1) is 0 Å². The highest BCUT2D eigenvalue weighted by atomic mass is 16.5. The fraction of sp³-hybridized carbons (Fsp3) is 0.571. The maximum atomic E-state index is 10.4. The third-order valence-electron chi connectivity index (χ3n) is 3.43. The Kier molecular flexibility index (Phi) is 3.20. The quantitative estimate of drug-likeness (QED) is 0.826. The van der Waals surface area contributed by atoms with Gasteiger partial charge in [0.15, 0.2) is 0 Å². The van der Waals surface area contributed by atoms with Crippen molar-refractivity contribution in [1.82, 2.24) is 0 Å². The number of hydrogen-bond donors (Lipinski definition) is 1. The summed E-state index contributed by atoms with van der Waals surface area (Å²) in [4.78, 5) is 0. The third-order valence-corrected chi connectivity index (χ3v) is 3.43. The van der Waals surface area contributed by atoms with Crippen molar-refractivity contribution in [1.29, 1.82) is 0 Å². The summed E-state index contributed by atoms with van der Waals surface area (Å²) in [5.74, 6) is 1.67. The SMILES string of the molecule is COc1cccc(C(C)(O)CCC2CC2)c1. The molecule has 0 heterocycles. The fourth-order valence-corrected chi connectivity index (χ4v) is 1.99. The zero-order chi connectivity index (χ0) is 11.6. The van der Waals surface area contributed by atoms with Gasteiger partial charge < -0.3 is 9.84 Å². The Morgan fingerprint density at radius 1 is 1.44 bits per heavy atom. The molecule has 1 atom stereocenters. The van der Waals surface area contributed by atoms with Gasteiger partial charge in [0.1, 0.15) is 5.75 Å². The van der Waals surface area contributed by atoms with Gasteiger partial charge in [-0.3, -0.25) is 0 Å². The Morgan fingerprint density at radius 3 is 2.81 bits per heavy atom. The van der Waals surface area contributed by atoms with Crippen LogP contribution in [0.25, 0.3) is 0 Å². The van der Waals surface area contributed by atoms with E-state index in [1.165, 1.54) is 12.8 Å². The third kappa shape index (κ3) is 2.76. The molecule has 1 aromatic carbocycles. The highest BCUT2D eigenvalue weighted by Gasteiger charge is 2.28. The summed E-state index contributed by atoms with van der Waals surface area (Å²) in [5, 5.41) is 10.4. The smallest absolute Gasteiger partial charge is 0.119 e. The van der Waals surface area contributed by atoms with Crippen LogP contribution >= 0.6 is 0 Å². The summed E-state index contributed by atoms with van der Waals surface area (Å²) < 4.78 is 5.18. The minimum atomic E-state index is -0.725. The van der Waals surface area contributed by atoms with Crippen LogP contribution < -0.4 is 4.74 Å². The van der Waals surface area contributed by atoms with Crippen LogP contribution in [0.2, 0.25) is 0 Å². The molecule has 16 heavy (non-hydrogen) atoms. The summed E-state index contributed by atoms with van der Waals surface area (Å²) in [6.45, 7) is 1.89. The average Bonchev–Trinajstić information content (AvgIpc) is 3.10. The molecule has 0 amide bonds. The average molecular weight is 220 g/mol. The summed E-state index contributed by atoms with van der Waals surface area (Å²) in [5.41, 5.74) is 0.226. The molecule has 1 N–H and O–H groups in total. The molecule has 0 spiro atoms. The molecular formula is C14H20O2. The Morgan fingerprint density at radius 2 is 2.19 bits per heavy atom. The van der Waals surface area contributed by atoms with Gasteiger partial charge in [-0.2, -0.15) is 0 Å². The Bertz CT molecular complexity index is 354. The lowest BCUT2D eigenvalue weighted by molar-refractivity contribution is 0.0437. The Balaban J connectivity index is 2.06. The lowest BCUT2D eigenvalue weighted by Gasteiger charge is -2.24. The van der Waals surface area contributed by atoms with Crippen molar-refractivity contribution < 1.29 is 9.84 Å². The van der Waals surface area contributed by atoms with Gasteiger partial charge >= 0.3 is 0 Å². The van der Waals surface area contributed by atoms with Crippen molar-refractivity contribution in [3.05, 3.63) is 29.8 Å². The zero-order valence-corrected chi connectivity index (χ0v) is 10.1. The molecule has 2 nitrogen and oxygen atoms in total.